The number of aldehydes is 1. The highest BCUT2D eigenvalue weighted by Crippen LogP contribution is 2.24. The summed E-state index contributed by atoms with van der Waals surface area (Å²) >= 11 is 0. The molecule has 0 saturated carbocycles. The zero-order chi connectivity index (χ0) is 10.2. The molecule has 0 spiro atoms. The number of carbonyl (C=O) groups excluding carboxylic acids is 1. The van der Waals surface area contributed by atoms with Gasteiger partial charge in [0.05, 0.1) is 17.9 Å². The highest BCUT2D eigenvalue weighted by Gasteiger charge is 2.00. The average Bonchev–Trinajstić information content (AvgIpc) is 2.30. The van der Waals surface area contributed by atoms with E-state index in [0.29, 0.717) is 6.42 Å². The number of benzene rings is 1. The minimum Gasteiger partial charge on any atom is -0.378 e. The Bertz CT molecular complexity index is 321. The van der Waals surface area contributed by atoms with Crippen LogP contribution in [-0.4, -0.2) is 19.0 Å². The van der Waals surface area contributed by atoms with Crippen molar-refractivity contribution in [3.63, 3.8) is 0 Å². The first-order chi connectivity index (χ1) is 6.88. The fourth-order valence-electron chi connectivity index (χ4n) is 1.04. The molecular weight excluding hydrogens is 176 g/mol. The second kappa shape index (κ2) is 5.91. The minimum atomic E-state index is 0.639. The molecule has 74 valence electrons. The number of rotatable bonds is 1. The van der Waals surface area contributed by atoms with Gasteiger partial charge in [-0.05, 0) is 12.1 Å². The second-order valence-corrected chi connectivity index (χ2v) is 2.78. The maximum atomic E-state index is 9.17. The summed E-state index contributed by atoms with van der Waals surface area (Å²) in [5.74, 6) is 0. The summed E-state index contributed by atoms with van der Waals surface area (Å²) in [6.07, 6.45) is 3.39. The van der Waals surface area contributed by atoms with Crippen molar-refractivity contribution < 1.29 is 4.79 Å². The molecule has 0 aliphatic carbocycles. The molecule has 0 aromatic heterocycles. The third-order valence-electron chi connectivity index (χ3n) is 1.68. The van der Waals surface area contributed by atoms with Gasteiger partial charge in [-0.2, -0.15) is 0 Å². The van der Waals surface area contributed by atoms with E-state index in [1.165, 1.54) is 0 Å². The van der Waals surface area contributed by atoms with Gasteiger partial charge in [-0.1, -0.05) is 19.1 Å². The number of nitrogens with zero attached hydrogens (tertiary/aromatic N) is 1. The smallest absolute Gasteiger partial charge is 0.119 e. The predicted molar refractivity (Wildman–Crippen MR) is 59.4 cm³/mol. The van der Waals surface area contributed by atoms with Crippen molar-refractivity contribution in [2.24, 2.45) is 4.99 Å². The molecule has 1 aromatic rings. The van der Waals surface area contributed by atoms with Gasteiger partial charge in [-0.3, -0.25) is 4.99 Å². The third-order valence-corrected chi connectivity index (χ3v) is 1.68. The number of nitrogens with one attached hydrogen (secondary N) is 1. The maximum absolute atomic E-state index is 9.17. The molecule has 0 unspecified atom stereocenters. The van der Waals surface area contributed by atoms with Crippen molar-refractivity contribution in [3.8, 4) is 0 Å². The van der Waals surface area contributed by atoms with Gasteiger partial charge in [0.15, 0.2) is 0 Å². The van der Waals surface area contributed by atoms with Crippen LogP contribution in [0.3, 0.4) is 0 Å². The molecule has 0 bridgehead atoms. The van der Waals surface area contributed by atoms with E-state index in [1.54, 1.807) is 0 Å². The van der Waals surface area contributed by atoms with Crippen LogP contribution in [0.5, 0.6) is 0 Å². The fourth-order valence-corrected chi connectivity index (χ4v) is 1.04. The first-order valence-corrected chi connectivity index (χ1v) is 4.67. The zero-order valence-electron chi connectivity index (χ0n) is 8.23. The van der Waals surface area contributed by atoms with Gasteiger partial charge in [0.2, 0.25) is 0 Å². The van der Waals surface area contributed by atoms with E-state index in [2.05, 4.69) is 10.3 Å². The van der Waals surface area contributed by atoms with Crippen LogP contribution >= 0.6 is 0 Å². The highest BCUT2D eigenvalue weighted by molar-refractivity contribution is 5.80. The molecule has 0 fully saturated rings. The Kier molecular flexibility index (Phi) is 4.41. The SMILES string of the molecule is C1=Nc2ccccc2NC1.CCC=O. The van der Waals surface area contributed by atoms with Crippen molar-refractivity contribution in [1.82, 2.24) is 0 Å². The number of hydrogen-bond acceptors (Lipinski definition) is 3. The van der Waals surface area contributed by atoms with E-state index in [-0.39, 0.29) is 0 Å². The van der Waals surface area contributed by atoms with Gasteiger partial charge in [-0.25, -0.2) is 0 Å². The lowest BCUT2D eigenvalue weighted by atomic mass is 10.2. The number of anilines is 1. The Morgan fingerprint density at radius 2 is 2.21 bits per heavy atom. The molecule has 1 heterocycles. The molecule has 0 radical (unpaired) electrons. The quantitative estimate of drug-likeness (QED) is 0.691. The van der Waals surface area contributed by atoms with E-state index in [9.17, 15) is 4.79 Å². The van der Waals surface area contributed by atoms with Crippen LogP contribution in [0.4, 0.5) is 11.4 Å². The maximum Gasteiger partial charge on any atom is 0.119 e. The number of para-hydroxylation sites is 2. The topological polar surface area (TPSA) is 41.5 Å². The van der Waals surface area contributed by atoms with E-state index in [4.69, 9.17) is 0 Å². The fraction of sp³-hybridized carbons (Fsp3) is 0.273. The molecule has 3 nitrogen and oxygen atoms in total. The van der Waals surface area contributed by atoms with Crippen molar-refractivity contribution in [1.29, 1.82) is 0 Å². The molecule has 0 saturated heterocycles. The minimum absolute atomic E-state index is 0.639. The Labute approximate surface area is 83.9 Å². The molecule has 2 rings (SSSR count). The van der Waals surface area contributed by atoms with Gasteiger partial charge < -0.3 is 10.1 Å². The zero-order valence-corrected chi connectivity index (χ0v) is 8.23. The lowest BCUT2D eigenvalue weighted by molar-refractivity contribution is -0.107. The summed E-state index contributed by atoms with van der Waals surface area (Å²) in [6, 6.07) is 8.03. The van der Waals surface area contributed by atoms with Gasteiger partial charge in [-0.15, -0.1) is 0 Å². The lowest BCUT2D eigenvalue weighted by Gasteiger charge is -2.10. The van der Waals surface area contributed by atoms with Crippen LogP contribution in [0, 0.1) is 0 Å². The van der Waals surface area contributed by atoms with E-state index in [1.807, 2.05) is 37.4 Å². The summed E-state index contributed by atoms with van der Waals surface area (Å²) < 4.78 is 0. The average molecular weight is 190 g/mol. The van der Waals surface area contributed by atoms with Gasteiger partial charge in [0, 0.05) is 12.6 Å². The van der Waals surface area contributed by atoms with Crippen molar-refractivity contribution in [3.05, 3.63) is 24.3 Å². The lowest BCUT2D eigenvalue weighted by Crippen LogP contribution is -2.05. The van der Waals surface area contributed by atoms with Crippen LogP contribution in [0.1, 0.15) is 13.3 Å². The molecule has 3 heteroatoms. The molecule has 0 amide bonds. The third kappa shape index (κ3) is 3.01. The Morgan fingerprint density at radius 1 is 1.50 bits per heavy atom. The van der Waals surface area contributed by atoms with Crippen LogP contribution in [0.25, 0.3) is 0 Å². The Hall–Kier alpha value is -1.64. The van der Waals surface area contributed by atoms with Crippen LogP contribution in [0.2, 0.25) is 0 Å². The van der Waals surface area contributed by atoms with Crippen molar-refractivity contribution in [2.75, 3.05) is 11.9 Å². The standard InChI is InChI=1S/C8H8N2.C3H6O/c1-2-4-8-7(3-1)9-5-6-10-8;1-2-3-4/h1-5,10H,6H2;3H,2H2,1H3. The normalized spacial score (nSPS) is 11.8. The Balaban J connectivity index is 0.000000213. The van der Waals surface area contributed by atoms with Gasteiger partial charge in [0.25, 0.3) is 0 Å². The number of hydrogen-bond donors (Lipinski definition) is 1. The van der Waals surface area contributed by atoms with E-state index >= 15 is 0 Å². The summed E-state index contributed by atoms with van der Waals surface area (Å²) in [7, 11) is 0. The highest BCUT2D eigenvalue weighted by atomic mass is 16.1. The molecule has 1 aliphatic rings. The van der Waals surface area contributed by atoms with E-state index < -0.39 is 0 Å². The molecule has 1 aromatic carbocycles. The summed E-state index contributed by atoms with van der Waals surface area (Å²) in [6.45, 7) is 2.66. The van der Waals surface area contributed by atoms with Crippen LogP contribution < -0.4 is 5.32 Å². The predicted octanol–water partition coefficient (Wildman–Crippen LogP) is 2.41. The monoisotopic (exact) mass is 190 g/mol. The molecular formula is C11H14N2O. The summed E-state index contributed by atoms with van der Waals surface area (Å²) in [4.78, 5) is 13.4. The largest absolute Gasteiger partial charge is 0.378 e. The van der Waals surface area contributed by atoms with Crippen molar-refractivity contribution >= 4 is 23.9 Å². The molecule has 1 aliphatic heterocycles. The summed E-state index contributed by atoms with van der Waals surface area (Å²) in [5.41, 5.74) is 2.17. The number of aliphatic imine (C=N–C) groups is 1. The Morgan fingerprint density at radius 3 is 2.86 bits per heavy atom. The summed E-state index contributed by atoms with van der Waals surface area (Å²) in [5, 5.41) is 3.21. The van der Waals surface area contributed by atoms with Crippen LogP contribution in [-0.2, 0) is 4.79 Å². The molecule has 14 heavy (non-hydrogen) atoms. The molecule has 0 atom stereocenters. The first kappa shape index (κ1) is 10.4. The van der Waals surface area contributed by atoms with Crippen molar-refractivity contribution in [2.45, 2.75) is 13.3 Å². The number of fused-ring (bicyclic) bond motifs is 1. The van der Waals surface area contributed by atoms with Crippen LogP contribution in [0.15, 0.2) is 29.3 Å². The number of carbonyl (C=O) groups is 1. The first-order valence-electron chi connectivity index (χ1n) is 4.67. The molecule has 1 N–H and O–H groups in total. The van der Waals surface area contributed by atoms with Gasteiger partial charge in [0.1, 0.15) is 6.29 Å². The van der Waals surface area contributed by atoms with E-state index in [0.717, 1.165) is 24.2 Å². The van der Waals surface area contributed by atoms with Gasteiger partial charge >= 0.3 is 0 Å². The second-order valence-electron chi connectivity index (χ2n) is 2.78.